The van der Waals surface area contributed by atoms with E-state index in [4.69, 9.17) is 10.8 Å². The summed E-state index contributed by atoms with van der Waals surface area (Å²) in [6.45, 7) is 14.2. The van der Waals surface area contributed by atoms with Gasteiger partial charge in [0.25, 0.3) is 0 Å². The minimum absolute atomic E-state index is 0.0447. The first-order chi connectivity index (χ1) is 24.4. The summed E-state index contributed by atoms with van der Waals surface area (Å²) in [4.78, 5) is 121. The number of hydrogen-bond donors (Lipinski definition) is 5. The highest BCUT2D eigenvalue weighted by Gasteiger charge is 2.36. The molecule has 0 heterocycles. The number of nitrogens with zero attached hydrogens (tertiary/aromatic N) is 3. The molecule has 53 heavy (non-hydrogen) atoms. The fraction of sp³-hybridized carbons (Fsp3) is 0.742. The van der Waals surface area contributed by atoms with Crippen molar-refractivity contribution in [3.05, 3.63) is 14.7 Å². The molecule has 0 saturated heterocycles. The van der Waals surface area contributed by atoms with E-state index in [1.165, 1.54) is 27.7 Å². The summed E-state index contributed by atoms with van der Waals surface area (Å²) >= 11 is 2.10. The minimum atomic E-state index is -1.22. The van der Waals surface area contributed by atoms with Crippen molar-refractivity contribution in [3.63, 3.8) is 0 Å². The van der Waals surface area contributed by atoms with Gasteiger partial charge in [-0.05, 0) is 61.3 Å². The van der Waals surface area contributed by atoms with Crippen molar-refractivity contribution in [2.75, 3.05) is 5.75 Å². The zero-order chi connectivity index (χ0) is 41.9. The third-order valence-electron chi connectivity index (χ3n) is 6.90. The van der Waals surface area contributed by atoms with E-state index in [9.17, 15) is 53.1 Å². The summed E-state index contributed by atoms with van der Waals surface area (Å²) in [6.07, 6.45) is 1.87. The van der Waals surface area contributed by atoms with E-state index >= 15 is 0 Å². The quantitative estimate of drug-likeness (QED) is 0.0648. The number of nitrogens with two attached hydrogens (primary N) is 1. The second-order valence-electron chi connectivity index (χ2n) is 12.6. The van der Waals surface area contributed by atoms with Crippen LogP contribution in [0.2, 0.25) is 0 Å². The number of carbonyl (C=O) groups excluding carboxylic acids is 7. The molecule has 22 heteroatoms. The van der Waals surface area contributed by atoms with Crippen LogP contribution in [0.15, 0.2) is 13.7 Å². The van der Waals surface area contributed by atoms with E-state index in [2.05, 4.69) is 29.7 Å². The Hall–Kier alpha value is -3.63. The highest BCUT2D eigenvalue weighted by Crippen LogP contribution is 2.30. The number of nitrogens with one attached hydrogen (secondary N) is 3. The maximum atomic E-state index is 11.9. The van der Waals surface area contributed by atoms with E-state index in [1.807, 2.05) is 6.92 Å². The molecule has 0 bridgehead atoms. The molecule has 0 rings (SSSR count). The average molecular weight is 812 g/mol. The largest absolute Gasteiger partial charge is 0.480 e. The van der Waals surface area contributed by atoms with Crippen LogP contribution in [0.25, 0.3) is 0 Å². The number of unbranched alkanes of at least 4 members (excludes halogenated alkanes) is 1. The van der Waals surface area contributed by atoms with Crippen LogP contribution in [0.4, 0.5) is 0 Å². The number of Topliss-reactive ketones (excluding diaryl/α,β-unsaturated/α-hetero) is 4. The van der Waals surface area contributed by atoms with E-state index in [1.54, 1.807) is 27.7 Å². The van der Waals surface area contributed by atoms with Gasteiger partial charge in [0.1, 0.15) is 23.9 Å². The first-order valence-corrected chi connectivity index (χ1v) is 18.8. The number of hydrogen-bond acceptors (Lipinski definition) is 18. The average Bonchev–Trinajstić information content (AvgIpc) is 3.04. The molecular weight excluding hydrogens is 759 g/mol. The predicted molar refractivity (Wildman–Crippen MR) is 205 cm³/mol. The van der Waals surface area contributed by atoms with Gasteiger partial charge in [-0.1, -0.05) is 13.3 Å². The molecule has 0 aliphatic carbocycles. The van der Waals surface area contributed by atoms with Gasteiger partial charge in [0.2, 0.25) is 17.7 Å². The number of amides is 3. The molecule has 302 valence electrons. The van der Waals surface area contributed by atoms with Gasteiger partial charge in [-0.25, -0.2) is 0 Å². The monoisotopic (exact) mass is 811 g/mol. The lowest BCUT2D eigenvalue weighted by Gasteiger charge is -2.29. The highest BCUT2D eigenvalue weighted by molar-refractivity contribution is 7.99. The molecule has 3 amide bonds. The summed E-state index contributed by atoms with van der Waals surface area (Å²) in [5.74, 6) is -3.19. The molecule has 0 radical (unpaired) electrons. The lowest BCUT2D eigenvalue weighted by Crippen LogP contribution is -2.51. The topological polar surface area (TPSA) is 307 Å². The van der Waals surface area contributed by atoms with Gasteiger partial charge in [0, 0.05) is 88.0 Å². The third kappa shape index (κ3) is 26.7. The number of carboxylic acids is 1. The zero-order valence-corrected chi connectivity index (χ0v) is 34.0. The van der Waals surface area contributed by atoms with Crippen molar-refractivity contribution in [2.24, 2.45) is 19.5 Å². The van der Waals surface area contributed by atoms with E-state index in [0.717, 1.165) is 36.7 Å². The number of rotatable bonds is 25. The van der Waals surface area contributed by atoms with Crippen molar-refractivity contribution in [3.8, 4) is 0 Å². The summed E-state index contributed by atoms with van der Waals surface area (Å²) < 4.78 is 6.53. The molecule has 0 saturated carbocycles. The Morgan fingerprint density at radius 3 is 1.55 bits per heavy atom. The highest BCUT2D eigenvalue weighted by atomic mass is 32.2. The van der Waals surface area contributed by atoms with Crippen LogP contribution in [0.3, 0.4) is 0 Å². The minimum Gasteiger partial charge on any atom is -0.480 e. The number of nitroso groups, excluding NO2 is 3. The molecule has 0 aromatic rings. The molecule has 6 N–H and O–H groups in total. The first-order valence-electron chi connectivity index (χ1n) is 16.3. The molecule has 19 nitrogen and oxygen atoms in total. The van der Waals surface area contributed by atoms with Gasteiger partial charge in [-0.15, -0.1) is 14.7 Å². The zero-order valence-electron chi connectivity index (χ0n) is 31.5. The second kappa shape index (κ2) is 28.8. The van der Waals surface area contributed by atoms with Crippen molar-refractivity contribution < 1.29 is 43.5 Å². The van der Waals surface area contributed by atoms with Crippen LogP contribution in [0, 0.1) is 14.7 Å². The molecular formula is C31H53N7O12S3. The number of carboxylic acid groups (broad SMARTS) is 1. The third-order valence-corrected chi connectivity index (χ3v) is 9.05. The van der Waals surface area contributed by atoms with E-state index in [-0.39, 0.29) is 66.4 Å². The first kappa shape index (κ1) is 53.7. The van der Waals surface area contributed by atoms with E-state index < -0.39 is 45.5 Å². The van der Waals surface area contributed by atoms with Crippen LogP contribution in [-0.2, 0) is 38.4 Å². The normalized spacial score (nSPS) is 13.0. The Balaban J connectivity index is -0.000000728. The van der Waals surface area contributed by atoms with Crippen molar-refractivity contribution >= 4 is 82.7 Å². The Morgan fingerprint density at radius 2 is 1.17 bits per heavy atom. The summed E-state index contributed by atoms with van der Waals surface area (Å²) in [5.41, 5.74) is 5.27. The molecule has 0 spiro atoms. The van der Waals surface area contributed by atoms with Crippen LogP contribution >= 0.6 is 35.8 Å². The molecule has 0 aliphatic heterocycles. The van der Waals surface area contributed by atoms with E-state index in [0.29, 0.717) is 18.4 Å². The summed E-state index contributed by atoms with van der Waals surface area (Å²) in [5, 5.41) is 16.2. The van der Waals surface area contributed by atoms with Crippen molar-refractivity contribution in [2.45, 2.75) is 141 Å². The second-order valence-corrected chi connectivity index (χ2v) is 16.1. The number of ketones is 4. The predicted octanol–water partition coefficient (Wildman–Crippen LogP) is 3.73. The lowest BCUT2D eigenvalue weighted by atomic mass is 9.99. The van der Waals surface area contributed by atoms with Crippen LogP contribution < -0.4 is 21.7 Å². The Morgan fingerprint density at radius 1 is 0.698 bits per heavy atom. The molecule has 4 atom stereocenters. The number of aliphatic carboxylic acids is 1. The van der Waals surface area contributed by atoms with Gasteiger partial charge in [-0.2, -0.15) is 0 Å². The van der Waals surface area contributed by atoms with Gasteiger partial charge in [0.15, 0.2) is 17.3 Å². The van der Waals surface area contributed by atoms with Gasteiger partial charge in [-0.3, -0.25) is 33.6 Å². The fourth-order valence-corrected chi connectivity index (χ4v) is 5.60. The molecule has 0 aromatic heterocycles. The smallest absolute Gasteiger partial charge is 0.320 e. The van der Waals surface area contributed by atoms with Gasteiger partial charge >= 0.3 is 5.97 Å². The fourth-order valence-electron chi connectivity index (χ4n) is 4.07. The van der Waals surface area contributed by atoms with Crippen LogP contribution in [0.1, 0.15) is 107 Å². The lowest BCUT2D eigenvalue weighted by molar-refractivity contribution is -0.139. The maximum absolute atomic E-state index is 11.9. The molecule has 0 aromatic carbocycles. The van der Waals surface area contributed by atoms with Crippen molar-refractivity contribution in [1.29, 1.82) is 0 Å². The maximum Gasteiger partial charge on any atom is 0.320 e. The SMILES string of the molecule is CC(=O)CCC(=O)C(CSN=O)NC(=O)CCC(N)C(=O)O.CC(=O)NC(C(C)=O)C(C)(C)SN=O.CCCCC(=O)NC(C(C)=O)C(C)(C)SN=O. The molecule has 4 unspecified atom stereocenters. The molecule has 0 fully saturated rings. The van der Waals surface area contributed by atoms with Gasteiger partial charge in [0.05, 0.1) is 15.5 Å². The summed E-state index contributed by atoms with van der Waals surface area (Å²) in [7, 11) is 0. The molecule has 0 aliphatic rings. The summed E-state index contributed by atoms with van der Waals surface area (Å²) in [6, 6.07) is -3.49. The Labute approximate surface area is 322 Å². The standard InChI is InChI=1S/C12H19N3O6S.C11H20N2O3S.C8H14N2O3S/c1-7(16)2-4-10(17)9(6-22-15-21)14-11(18)5-3-8(13)12(19)20;1-5-6-7-9(15)12-10(8(2)14)11(3,4)17-13-16;1-5(11)7(9-6(2)12)8(3,4)14-10-13/h8-9H,2-6,13H2,1H3,(H,14,18)(H,19,20);10H,5-7H2,1-4H3,(H,12,15);7H,1-4H3,(H,9,12). The van der Waals surface area contributed by atoms with Gasteiger partial charge < -0.3 is 31.6 Å². The van der Waals surface area contributed by atoms with Crippen LogP contribution in [-0.4, -0.2) is 91.3 Å². The van der Waals surface area contributed by atoms with Crippen LogP contribution in [0.5, 0.6) is 0 Å². The van der Waals surface area contributed by atoms with Crippen molar-refractivity contribution in [1.82, 2.24) is 16.0 Å². The number of carbonyl (C=O) groups is 8. The Bertz CT molecular complexity index is 1280. The Kier molecular flexibility index (Phi) is 29.2.